The van der Waals surface area contributed by atoms with E-state index in [4.69, 9.17) is 21.8 Å². The van der Waals surface area contributed by atoms with Crippen LogP contribution in [-0.4, -0.2) is 46.9 Å². The molecule has 0 spiro atoms. The number of rotatable bonds is 4. The number of oxazole rings is 1. The van der Waals surface area contributed by atoms with Gasteiger partial charge in [-0.2, -0.15) is 0 Å². The SMILES string of the molecule is Cc1cnc(-c2ccc(C(=O)N3C[C@@H](C)N(C(=O)NCC(N)=O)Cc4ccccc43)c(Cl)c2)o1. The molecule has 176 valence electrons. The maximum Gasteiger partial charge on any atom is 0.318 e. The molecule has 4 amide bonds. The van der Waals surface area contributed by atoms with E-state index < -0.39 is 11.9 Å². The number of benzene rings is 2. The van der Waals surface area contributed by atoms with Crippen molar-refractivity contribution in [3.8, 4) is 11.5 Å². The normalized spacial score (nSPS) is 15.4. The molecular weight excluding hydrogens is 458 g/mol. The van der Waals surface area contributed by atoms with E-state index in [0.29, 0.717) is 28.5 Å². The zero-order chi connectivity index (χ0) is 24.4. The Labute approximate surface area is 201 Å². The van der Waals surface area contributed by atoms with E-state index in [0.717, 1.165) is 5.56 Å². The number of primary amides is 1. The summed E-state index contributed by atoms with van der Waals surface area (Å²) in [5.74, 6) is 0.167. The highest BCUT2D eigenvalue weighted by atomic mass is 35.5. The number of nitrogens with two attached hydrogens (primary N) is 1. The van der Waals surface area contributed by atoms with Gasteiger partial charge in [-0.05, 0) is 43.7 Å². The molecule has 0 unspecified atom stereocenters. The third-order valence-corrected chi connectivity index (χ3v) is 5.90. The largest absolute Gasteiger partial charge is 0.441 e. The molecule has 34 heavy (non-hydrogen) atoms. The number of carbonyl (C=O) groups is 3. The summed E-state index contributed by atoms with van der Waals surface area (Å²) in [5, 5.41) is 2.79. The van der Waals surface area contributed by atoms with E-state index in [1.807, 2.05) is 31.2 Å². The minimum atomic E-state index is -0.633. The highest BCUT2D eigenvalue weighted by Gasteiger charge is 2.32. The molecule has 10 heteroatoms. The number of fused-ring (bicyclic) bond motifs is 1. The summed E-state index contributed by atoms with van der Waals surface area (Å²) in [5.41, 5.74) is 7.62. The zero-order valence-electron chi connectivity index (χ0n) is 18.7. The molecule has 0 saturated heterocycles. The van der Waals surface area contributed by atoms with Crippen LogP contribution in [0.5, 0.6) is 0 Å². The molecule has 2 aromatic carbocycles. The molecule has 1 aromatic heterocycles. The van der Waals surface area contributed by atoms with Gasteiger partial charge in [-0.3, -0.25) is 9.59 Å². The van der Waals surface area contributed by atoms with Crippen LogP contribution in [0.25, 0.3) is 11.5 Å². The van der Waals surface area contributed by atoms with Crippen LogP contribution in [0.1, 0.15) is 28.6 Å². The van der Waals surface area contributed by atoms with Crippen molar-refractivity contribution in [2.75, 3.05) is 18.0 Å². The summed E-state index contributed by atoms with van der Waals surface area (Å²) < 4.78 is 5.55. The lowest BCUT2D eigenvalue weighted by atomic mass is 10.1. The first-order chi connectivity index (χ1) is 16.2. The Bertz CT molecular complexity index is 1260. The number of para-hydroxylation sites is 1. The predicted molar refractivity (Wildman–Crippen MR) is 127 cm³/mol. The van der Waals surface area contributed by atoms with Crippen molar-refractivity contribution in [2.45, 2.75) is 26.4 Å². The molecule has 4 rings (SSSR count). The first-order valence-corrected chi connectivity index (χ1v) is 11.1. The minimum Gasteiger partial charge on any atom is -0.441 e. The molecule has 1 aliphatic rings. The molecule has 1 aliphatic heterocycles. The van der Waals surface area contributed by atoms with Crippen molar-refractivity contribution in [1.29, 1.82) is 0 Å². The van der Waals surface area contributed by atoms with Gasteiger partial charge in [-0.1, -0.05) is 29.8 Å². The van der Waals surface area contributed by atoms with Crippen LogP contribution in [-0.2, 0) is 11.3 Å². The predicted octanol–water partition coefficient (Wildman–Crippen LogP) is 3.35. The number of carbonyl (C=O) groups excluding carboxylic acids is 3. The number of anilines is 1. The number of amides is 4. The summed E-state index contributed by atoms with van der Waals surface area (Å²) in [6, 6.07) is 11.6. The smallest absolute Gasteiger partial charge is 0.318 e. The Morgan fingerprint density at radius 3 is 2.68 bits per heavy atom. The van der Waals surface area contributed by atoms with Crippen molar-refractivity contribution in [3.63, 3.8) is 0 Å². The van der Waals surface area contributed by atoms with Gasteiger partial charge in [0.05, 0.1) is 23.3 Å². The van der Waals surface area contributed by atoms with Crippen LogP contribution in [0.4, 0.5) is 10.5 Å². The Hall–Kier alpha value is -3.85. The number of halogens is 1. The van der Waals surface area contributed by atoms with Gasteiger partial charge in [0.2, 0.25) is 11.8 Å². The van der Waals surface area contributed by atoms with E-state index in [-0.39, 0.29) is 36.6 Å². The molecule has 3 aromatic rings. The maximum atomic E-state index is 13.6. The Morgan fingerprint density at radius 1 is 1.24 bits per heavy atom. The lowest BCUT2D eigenvalue weighted by Gasteiger charge is -2.29. The van der Waals surface area contributed by atoms with Gasteiger partial charge in [-0.15, -0.1) is 0 Å². The van der Waals surface area contributed by atoms with Crippen molar-refractivity contribution in [3.05, 3.63) is 70.6 Å². The number of aromatic nitrogens is 1. The van der Waals surface area contributed by atoms with Crippen molar-refractivity contribution in [2.24, 2.45) is 5.73 Å². The molecule has 9 nitrogen and oxygen atoms in total. The minimum absolute atomic E-state index is 0.233. The summed E-state index contributed by atoms with van der Waals surface area (Å²) in [6.07, 6.45) is 1.61. The second-order valence-corrected chi connectivity index (χ2v) is 8.52. The van der Waals surface area contributed by atoms with Crippen LogP contribution in [0.2, 0.25) is 5.02 Å². The second-order valence-electron chi connectivity index (χ2n) is 8.12. The van der Waals surface area contributed by atoms with Gasteiger partial charge >= 0.3 is 6.03 Å². The van der Waals surface area contributed by atoms with E-state index >= 15 is 0 Å². The highest BCUT2D eigenvalue weighted by molar-refractivity contribution is 6.34. The molecule has 2 heterocycles. The summed E-state index contributed by atoms with van der Waals surface area (Å²) >= 11 is 6.52. The third kappa shape index (κ3) is 4.74. The van der Waals surface area contributed by atoms with Gasteiger partial charge in [-0.25, -0.2) is 9.78 Å². The van der Waals surface area contributed by atoms with E-state index in [9.17, 15) is 14.4 Å². The number of hydrogen-bond acceptors (Lipinski definition) is 5. The van der Waals surface area contributed by atoms with Gasteiger partial charge < -0.3 is 25.3 Å². The van der Waals surface area contributed by atoms with Gasteiger partial charge in [0.25, 0.3) is 5.91 Å². The van der Waals surface area contributed by atoms with Crippen LogP contribution in [0.3, 0.4) is 0 Å². The maximum absolute atomic E-state index is 13.6. The number of aryl methyl sites for hydroxylation is 1. The van der Waals surface area contributed by atoms with Crippen LogP contribution >= 0.6 is 11.6 Å². The van der Waals surface area contributed by atoms with Gasteiger partial charge in [0.1, 0.15) is 5.76 Å². The Morgan fingerprint density at radius 2 is 2.00 bits per heavy atom. The molecule has 3 N–H and O–H groups in total. The average molecular weight is 482 g/mol. The standard InChI is InChI=1S/C24H24ClN5O4/c1-14-12-30(20-6-4-3-5-17(20)13-29(14)24(33)28-11-21(26)31)23(32)18-8-7-16(9-19(18)25)22-27-10-15(2)34-22/h3-10,14H,11-13H2,1-2H3,(H2,26,31)(H,28,33)/t14-/m1/s1. The number of urea groups is 1. The van der Waals surface area contributed by atoms with Crippen molar-refractivity contribution < 1.29 is 18.8 Å². The summed E-state index contributed by atoms with van der Waals surface area (Å²) in [6.45, 7) is 3.87. The molecule has 0 fully saturated rings. The molecule has 0 saturated carbocycles. The van der Waals surface area contributed by atoms with Crippen molar-refractivity contribution in [1.82, 2.24) is 15.2 Å². The van der Waals surface area contributed by atoms with Gasteiger partial charge in [0.15, 0.2) is 0 Å². The van der Waals surface area contributed by atoms with Crippen LogP contribution in [0.15, 0.2) is 53.1 Å². The van der Waals surface area contributed by atoms with Crippen molar-refractivity contribution >= 4 is 35.1 Å². The lowest BCUT2D eigenvalue weighted by molar-refractivity contribution is -0.117. The van der Waals surface area contributed by atoms with Gasteiger partial charge in [0, 0.05) is 30.4 Å². The van der Waals surface area contributed by atoms with E-state index in [2.05, 4.69) is 10.3 Å². The Kier molecular flexibility index (Phi) is 6.56. The van der Waals surface area contributed by atoms with Crippen LogP contribution < -0.4 is 16.0 Å². The van der Waals surface area contributed by atoms with E-state index in [1.165, 1.54) is 0 Å². The fraction of sp³-hybridized carbons (Fsp3) is 0.250. The Balaban J connectivity index is 1.64. The monoisotopic (exact) mass is 481 g/mol. The van der Waals surface area contributed by atoms with E-state index in [1.54, 1.807) is 41.1 Å². The molecule has 1 atom stereocenters. The molecule has 0 bridgehead atoms. The fourth-order valence-electron chi connectivity index (χ4n) is 3.89. The molecule has 0 aliphatic carbocycles. The fourth-order valence-corrected chi connectivity index (χ4v) is 4.15. The summed E-state index contributed by atoms with van der Waals surface area (Å²) in [4.78, 5) is 44.9. The third-order valence-electron chi connectivity index (χ3n) is 5.59. The second kappa shape index (κ2) is 9.56. The zero-order valence-corrected chi connectivity index (χ0v) is 19.5. The molecule has 0 radical (unpaired) electrons. The highest BCUT2D eigenvalue weighted by Crippen LogP contribution is 2.31. The first-order valence-electron chi connectivity index (χ1n) is 10.7. The average Bonchev–Trinajstić information content (AvgIpc) is 3.18. The topological polar surface area (TPSA) is 122 Å². The number of nitrogens with zero attached hydrogens (tertiary/aromatic N) is 3. The molecular formula is C24H24ClN5O4. The number of nitrogens with one attached hydrogen (secondary N) is 1. The lowest BCUT2D eigenvalue weighted by Crippen LogP contribution is -2.49. The van der Waals surface area contributed by atoms with Crippen LogP contribution in [0, 0.1) is 6.92 Å². The quantitative estimate of drug-likeness (QED) is 0.591. The number of hydrogen-bond donors (Lipinski definition) is 2. The summed E-state index contributed by atoms with van der Waals surface area (Å²) in [7, 11) is 0. The first kappa shape index (κ1) is 23.3.